The van der Waals surface area contributed by atoms with Crippen LogP contribution in [0.15, 0.2) is 67.3 Å². The monoisotopic (exact) mass is 255 g/mol. The van der Waals surface area contributed by atoms with Gasteiger partial charge in [0.25, 0.3) is 0 Å². The zero-order chi connectivity index (χ0) is 10.9. The molecule has 0 atom stereocenters. The molecule has 0 heterocycles. The predicted octanol–water partition coefficient (Wildman–Crippen LogP) is 2.93. The molecule has 0 aliphatic heterocycles. The molecule has 0 aliphatic rings. The molecule has 0 saturated heterocycles. The Morgan fingerprint density at radius 3 is 1.94 bits per heavy atom. The summed E-state index contributed by atoms with van der Waals surface area (Å²) in [5.74, 6) is -0.175. The molecule has 2 aromatic carbocycles. The van der Waals surface area contributed by atoms with Gasteiger partial charge in [0.15, 0.2) is 5.91 Å². The topological polar surface area (TPSA) is 29.1 Å². The Morgan fingerprint density at radius 2 is 1.56 bits per heavy atom. The third kappa shape index (κ3) is 6.02. The fourth-order valence-electron chi connectivity index (χ4n) is 0.971. The minimum Gasteiger partial charge on any atom is -0.748 e. The van der Waals surface area contributed by atoms with Crippen molar-refractivity contribution in [1.29, 1.82) is 0 Å². The smallest absolute Gasteiger partial charge is 0.171 e. The number of carbonyl (C=O) groups is 1. The molecule has 0 unspecified atom stereocenters. The SMILES string of the molecule is C=CC(=O)N[c-]1cccc1.[Fe].[cH-]1[cH-][cH-][cH-][cH-]1. The Labute approximate surface area is 106 Å². The summed E-state index contributed by atoms with van der Waals surface area (Å²) < 4.78 is 0. The normalized spacial score (nSPS) is 8.00. The van der Waals surface area contributed by atoms with Crippen molar-refractivity contribution in [3.8, 4) is 0 Å². The van der Waals surface area contributed by atoms with E-state index in [1.807, 2.05) is 54.6 Å². The van der Waals surface area contributed by atoms with E-state index in [0.29, 0.717) is 0 Å². The second kappa shape index (κ2) is 8.71. The van der Waals surface area contributed by atoms with Gasteiger partial charge in [0.05, 0.1) is 0 Å². The van der Waals surface area contributed by atoms with Gasteiger partial charge < -0.3 is 40.4 Å². The van der Waals surface area contributed by atoms with Crippen LogP contribution >= 0.6 is 0 Å². The van der Waals surface area contributed by atoms with E-state index in [0.717, 1.165) is 5.69 Å². The first-order valence-corrected chi connectivity index (χ1v) is 4.65. The summed E-state index contributed by atoms with van der Waals surface area (Å²) in [5, 5.41) is 2.61. The minimum absolute atomic E-state index is 0. The van der Waals surface area contributed by atoms with Crippen molar-refractivity contribution in [2.75, 3.05) is 5.32 Å². The first kappa shape index (κ1) is 14.4. The quantitative estimate of drug-likeness (QED) is 0.499. The van der Waals surface area contributed by atoms with Crippen LogP contribution in [-0.2, 0) is 21.9 Å². The van der Waals surface area contributed by atoms with Gasteiger partial charge in [0, 0.05) is 17.1 Å². The molecule has 3 heteroatoms. The molecule has 1 N–H and O–H groups in total. The van der Waals surface area contributed by atoms with Crippen molar-refractivity contribution < 1.29 is 21.9 Å². The van der Waals surface area contributed by atoms with Crippen LogP contribution in [0.3, 0.4) is 0 Å². The van der Waals surface area contributed by atoms with Crippen LogP contribution in [0.2, 0.25) is 0 Å². The summed E-state index contributed by atoms with van der Waals surface area (Å²) in [5.41, 5.74) is 0.810. The number of carbonyl (C=O) groups excluding carboxylic acids is 1. The first-order valence-electron chi connectivity index (χ1n) is 4.65. The van der Waals surface area contributed by atoms with Crippen molar-refractivity contribution in [3.05, 3.63) is 67.3 Å². The van der Waals surface area contributed by atoms with Crippen LogP contribution in [0.1, 0.15) is 0 Å². The van der Waals surface area contributed by atoms with Crippen LogP contribution in [-0.4, -0.2) is 5.91 Å². The van der Waals surface area contributed by atoms with Crippen molar-refractivity contribution in [1.82, 2.24) is 0 Å². The molecular weight excluding hydrogens is 242 g/mol. The molecule has 2 nitrogen and oxygen atoms in total. The Morgan fingerprint density at radius 1 is 1.12 bits per heavy atom. The van der Waals surface area contributed by atoms with E-state index in [1.54, 1.807) is 0 Å². The summed E-state index contributed by atoms with van der Waals surface area (Å²) in [6, 6.07) is 17.4. The largest absolute Gasteiger partial charge is 0.748 e. The summed E-state index contributed by atoms with van der Waals surface area (Å²) in [6.07, 6.45) is 1.24. The third-order valence-corrected chi connectivity index (χ3v) is 1.67. The molecule has 0 aliphatic carbocycles. The van der Waals surface area contributed by atoms with Gasteiger partial charge in [0.2, 0.25) is 0 Å². The van der Waals surface area contributed by atoms with Crippen LogP contribution in [0.25, 0.3) is 0 Å². The van der Waals surface area contributed by atoms with Crippen LogP contribution in [0, 0.1) is 0 Å². The molecule has 0 saturated carbocycles. The summed E-state index contributed by atoms with van der Waals surface area (Å²) in [6.45, 7) is 3.33. The minimum atomic E-state index is -0.175. The molecule has 0 spiro atoms. The standard InChI is InChI=1S/C8H8NO.C5H5.Fe/c1-2-8(10)9-7-5-3-4-6-7;1-2-4-5-3-1;/h2-6H,1H2,(H,9,10);1-5H;/q-1;-5;. The second-order valence-corrected chi connectivity index (χ2v) is 2.83. The average molecular weight is 255 g/mol. The molecule has 1 amide bonds. The summed E-state index contributed by atoms with van der Waals surface area (Å²) in [7, 11) is 0. The Kier molecular flexibility index (Phi) is 7.86. The van der Waals surface area contributed by atoms with E-state index >= 15 is 0 Å². The third-order valence-electron chi connectivity index (χ3n) is 1.67. The van der Waals surface area contributed by atoms with E-state index in [9.17, 15) is 4.79 Å². The number of rotatable bonds is 2. The van der Waals surface area contributed by atoms with Gasteiger partial charge in [-0.25, -0.2) is 0 Å². The number of amides is 1. The van der Waals surface area contributed by atoms with Gasteiger partial charge in [-0.05, 0) is 6.08 Å². The molecule has 0 bridgehead atoms. The Hall–Kier alpha value is -1.57. The number of hydrogen-bond acceptors (Lipinski definition) is 1. The van der Waals surface area contributed by atoms with Gasteiger partial charge in [-0.2, -0.15) is 12.1 Å². The zero-order valence-corrected chi connectivity index (χ0v) is 9.85. The molecular formula is C13H13FeNO-6. The molecule has 0 aromatic heterocycles. The van der Waals surface area contributed by atoms with E-state index < -0.39 is 0 Å². The maximum atomic E-state index is 10.6. The molecule has 2 rings (SSSR count). The van der Waals surface area contributed by atoms with Crippen molar-refractivity contribution in [3.63, 3.8) is 0 Å². The van der Waals surface area contributed by atoms with E-state index in [2.05, 4.69) is 11.9 Å². The second-order valence-electron chi connectivity index (χ2n) is 2.83. The van der Waals surface area contributed by atoms with Crippen LogP contribution in [0.5, 0.6) is 0 Å². The maximum Gasteiger partial charge on any atom is 0.171 e. The number of anilines is 1. The van der Waals surface area contributed by atoms with Gasteiger partial charge in [0.1, 0.15) is 0 Å². The molecule has 2 aromatic rings. The molecule has 90 valence electrons. The first-order chi connectivity index (χ1) is 7.33. The summed E-state index contributed by atoms with van der Waals surface area (Å²) in [4.78, 5) is 10.6. The molecule has 0 radical (unpaired) electrons. The van der Waals surface area contributed by atoms with Gasteiger partial charge in [-0.3, -0.25) is 0 Å². The number of hydrogen-bond donors (Lipinski definition) is 1. The van der Waals surface area contributed by atoms with E-state index in [1.165, 1.54) is 6.08 Å². The van der Waals surface area contributed by atoms with Gasteiger partial charge >= 0.3 is 0 Å². The van der Waals surface area contributed by atoms with Crippen molar-refractivity contribution in [2.24, 2.45) is 0 Å². The fraction of sp³-hybridized carbons (Fsp3) is 0. The number of nitrogens with one attached hydrogen (secondary N) is 1. The van der Waals surface area contributed by atoms with Gasteiger partial charge in [-0.15, -0.1) is 18.7 Å². The maximum absolute atomic E-state index is 10.6. The Balaban J connectivity index is 0.000000318. The zero-order valence-electron chi connectivity index (χ0n) is 8.74. The van der Waals surface area contributed by atoms with E-state index in [4.69, 9.17) is 0 Å². The Bertz CT molecular complexity index is 359. The average Bonchev–Trinajstić information content (AvgIpc) is 2.92. The van der Waals surface area contributed by atoms with Crippen molar-refractivity contribution in [2.45, 2.75) is 0 Å². The predicted molar refractivity (Wildman–Crippen MR) is 62.9 cm³/mol. The molecule has 0 fully saturated rings. The van der Waals surface area contributed by atoms with Gasteiger partial charge in [-0.1, -0.05) is 5.69 Å². The van der Waals surface area contributed by atoms with Crippen LogP contribution < -0.4 is 5.32 Å². The fourth-order valence-corrected chi connectivity index (χ4v) is 0.971. The van der Waals surface area contributed by atoms with E-state index in [-0.39, 0.29) is 23.0 Å². The van der Waals surface area contributed by atoms with Crippen LogP contribution in [0.4, 0.5) is 5.69 Å². The summed E-state index contributed by atoms with van der Waals surface area (Å²) >= 11 is 0. The molecule has 16 heavy (non-hydrogen) atoms. The van der Waals surface area contributed by atoms with Crippen molar-refractivity contribution >= 4 is 11.6 Å².